The Kier molecular flexibility index (Phi) is 3.39. The maximum atomic E-state index is 5.75. The van der Waals surface area contributed by atoms with Crippen LogP contribution in [0.25, 0.3) is 11.4 Å². The molecular weight excluding hydrogens is 314 g/mol. The zero-order valence-electron chi connectivity index (χ0n) is 10.1. The lowest BCUT2D eigenvalue weighted by atomic mass is 10.1. The van der Waals surface area contributed by atoms with Gasteiger partial charge in [0.05, 0.1) is 25.3 Å². The van der Waals surface area contributed by atoms with Crippen LogP contribution in [0.3, 0.4) is 0 Å². The maximum Gasteiger partial charge on any atom is 0.240 e. The number of aromatic nitrogens is 2. The van der Waals surface area contributed by atoms with E-state index in [0.717, 1.165) is 16.5 Å². The summed E-state index contributed by atoms with van der Waals surface area (Å²) in [4.78, 5) is 4.23. The quantitative estimate of drug-likeness (QED) is 0.910. The van der Waals surface area contributed by atoms with E-state index in [2.05, 4.69) is 26.1 Å². The normalized spacial score (nSPS) is 14.2. The molecule has 0 bridgehead atoms. The fourth-order valence-corrected chi connectivity index (χ4v) is 2.35. The highest BCUT2D eigenvalue weighted by molar-refractivity contribution is 9.10. The molecule has 2 aromatic rings. The van der Waals surface area contributed by atoms with Crippen LogP contribution in [-0.2, 0) is 6.54 Å². The van der Waals surface area contributed by atoms with E-state index in [1.165, 1.54) is 0 Å². The Morgan fingerprint density at radius 1 is 1.26 bits per heavy atom. The largest absolute Gasteiger partial charge is 0.490 e. The molecule has 1 aliphatic heterocycles. The van der Waals surface area contributed by atoms with E-state index < -0.39 is 0 Å². The molecule has 0 saturated heterocycles. The SMILES string of the molecule is NCc1nc(-c2c(Br)ccc3c2OCCCO3)no1. The van der Waals surface area contributed by atoms with Crippen LogP contribution in [-0.4, -0.2) is 23.4 Å². The number of rotatable bonds is 2. The molecular formula is C12H12BrN3O3. The lowest BCUT2D eigenvalue weighted by Gasteiger charge is -2.11. The summed E-state index contributed by atoms with van der Waals surface area (Å²) in [6.07, 6.45) is 0.839. The van der Waals surface area contributed by atoms with Gasteiger partial charge >= 0.3 is 0 Å². The monoisotopic (exact) mass is 325 g/mol. The summed E-state index contributed by atoms with van der Waals surface area (Å²) in [6, 6.07) is 3.74. The third kappa shape index (κ3) is 2.31. The van der Waals surface area contributed by atoms with Crippen molar-refractivity contribution >= 4 is 15.9 Å². The van der Waals surface area contributed by atoms with Crippen LogP contribution in [0.4, 0.5) is 0 Å². The second-order valence-corrected chi connectivity index (χ2v) is 4.87. The summed E-state index contributed by atoms with van der Waals surface area (Å²) in [5.74, 6) is 2.15. The third-order valence-corrected chi connectivity index (χ3v) is 3.39. The van der Waals surface area contributed by atoms with Crippen molar-refractivity contribution in [3.05, 3.63) is 22.5 Å². The summed E-state index contributed by atoms with van der Waals surface area (Å²) in [7, 11) is 0. The minimum Gasteiger partial charge on any atom is -0.490 e. The van der Waals surface area contributed by atoms with Gasteiger partial charge < -0.3 is 19.7 Å². The number of nitrogens with zero attached hydrogens (tertiary/aromatic N) is 2. The molecule has 7 heteroatoms. The fraction of sp³-hybridized carbons (Fsp3) is 0.333. The van der Waals surface area contributed by atoms with E-state index in [9.17, 15) is 0 Å². The Labute approximate surface area is 118 Å². The van der Waals surface area contributed by atoms with Crippen LogP contribution in [0.1, 0.15) is 12.3 Å². The van der Waals surface area contributed by atoms with E-state index in [1.54, 1.807) is 0 Å². The van der Waals surface area contributed by atoms with E-state index in [0.29, 0.717) is 36.4 Å². The minimum absolute atomic E-state index is 0.205. The lowest BCUT2D eigenvalue weighted by Crippen LogP contribution is -1.99. The number of nitrogens with two attached hydrogens (primary N) is 1. The van der Waals surface area contributed by atoms with Crippen molar-refractivity contribution in [1.82, 2.24) is 10.1 Å². The number of hydrogen-bond acceptors (Lipinski definition) is 6. The van der Waals surface area contributed by atoms with Gasteiger partial charge in [-0.2, -0.15) is 4.98 Å². The van der Waals surface area contributed by atoms with Gasteiger partial charge in [0.15, 0.2) is 11.5 Å². The molecule has 0 aliphatic carbocycles. The van der Waals surface area contributed by atoms with Gasteiger partial charge in [-0.25, -0.2) is 0 Å². The molecule has 3 rings (SSSR count). The van der Waals surface area contributed by atoms with Gasteiger partial charge in [0.25, 0.3) is 0 Å². The molecule has 2 N–H and O–H groups in total. The first-order valence-electron chi connectivity index (χ1n) is 5.90. The predicted molar refractivity (Wildman–Crippen MR) is 70.9 cm³/mol. The highest BCUT2D eigenvalue weighted by Crippen LogP contribution is 2.43. The Morgan fingerprint density at radius 2 is 2.11 bits per heavy atom. The van der Waals surface area contributed by atoms with Crippen LogP contribution in [0.15, 0.2) is 21.1 Å². The first-order chi connectivity index (χ1) is 9.29. The van der Waals surface area contributed by atoms with Crippen molar-refractivity contribution in [2.75, 3.05) is 13.2 Å². The summed E-state index contributed by atoms with van der Waals surface area (Å²) in [5.41, 5.74) is 6.20. The smallest absolute Gasteiger partial charge is 0.240 e. The van der Waals surface area contributed by atoms with Gasteiger partial charge in [0.1, 0.15) is 0 Å². The first kappa shape index (κ1) is 12.4. The van der Waals surface area contributed by atoms with Gasteiger partial charge in [0.2, 0.25) is 11.7 Å². The zero-order chi connectivity index (χ0) is 13.2. The molecule has 0 saturated carbocycles. The summed E-state index contributed by atoms with van der Waals surface area (Å²) in [6.45, 7) is 1.43. The van der Waals surface area contributed by atoms with Gasteiger partial charge in [-0.05, 0) is 28.1 Å². The summed E-state index contributed by atoms with van der Waals surface area (Å²) in [5, 5.41) is 3.93. The number of hydrogen-bond donors (Lipinski definition) is 1. The van der Waals surface area contributed by atoms with Crippen molar-refractivity contribution in [3.8, 4) is 22.9 Å². The van der Waals surface area contributed by atoms with E-state index in [1.807, 2.05) is 12.1 Å². The Bertz CT molecular complexity index is 600. The van der Waals surface area contributed by atoms with Gasteiger partial charge in [-0.15, -0.1) is 0 Å². The lowest BCUT2D eigenvalue weighted by molar-refractivity contribution is 0.297. The Hall–Kier alpha value is -1.60. The van der Waals surface area contributed by atoms with Crippen molar-refractivity contribution in [2.45, 2.75) is 13.0 Å². The maximum absolute atomic E-state index is 5.75. The molecule has 0 spiro atoms. The van der Waals surface area contributed by atoms with Gasteiger partial charge in [0, 0.05) is 10.9 Å². The molecule has 100 valence electrons. The predicted octanol–water partition coefficient (Wildman–Crippen LogP) is 2.12. The number of benzene rings is 1. The highest BCUT2D eigenvalue weighted by atomic mass is 79.9. The molecule has 2 heterocycles. The molecule has 1 aromatic heterocycles. The van der Waals surface area contributed by atoms with E-state index >= 15 is 0 Å². The molecule has 0 unspecified atom stereocenters. The van der Waals surface area contributed by atoms with Gasteiger partial charge in [-0.3, -0.25) is 0 Å². The summed E-state index contributed by atoms with van der Waals surface area (Å²) >= 11 is 3.48. The van der Waals surface area contributed by atoms with Crippen molar-refractivity contribution in [3.63, 3.8) is 0 Å². The Balaban J connectivity index is 2.13. The van der Waals surface area contributed by atoms with Crippen LogP contribution in [0, 0.1) is 0 Å². The van der Waals surface area contributed by atoms with Crippen LogP contribution < -0.4 is 15.2 Å². The average molecular weight is 326 g/mol. The van der Waals surface area contributed by atoms with Gasteiger partial charge in [-0.1, -0.05) is 5.16 Å². The molecule has 6 nitrogen and oxygen atoms in total. The molecule has 0 atom stereocenters. The molecule has 0 amide bonds. The van der Waals surface area contributed by atoms with E-state index in [-0.39, 0.29) is 6.54 Å². The van der Waals surface area contributed by atoms with Crippen LogP contribution in [0.5, 0.6) is 11.5 Å². The third-order valence-electron chi connectivity index (χ3n) is 2.73. The molecule has 1 aromatic carbocycles. The number of ether oxygens (including phenoxy) is 2. The number of halogens is 1. The van der Waals surface area contributed by atoms with Crippen LogP contribution in [0.2, 0.25) is 0 Å². The topological polar surface area (TPSA) is 83.4 Å². The molecule has 0 radical (unpaired) electrons. The molecule has 1 aliphatic rings. The zero-order valence-corrected chi connectivity index (χ0v) is 11.6. The second-order valence-electron chi connectivity index (χ2n) is 4.02. The second kappa shape index (κ2) is 5.18. The minimum atomic E-state index is 0.205. The Morgan fingerprint density at radius 3 is 2.89 bits per heavy atom. The van der Waals surface area contributed by atoms with Crippen molar-refractivity contribution < 1.29 is 14.0 Å². The standard InChI is InChI=1S/C12H12BrN3O3/c13-7-2-3-8-11(18-5-1-4-17-8)10(7)12-15-9(6-14)19-16-12/h2-3H,1,4-6,14H2. The first-order valence-corrected chi connectivity index (χ1v) is 6.70. The number of fused-ring (bicyclic) bond motifs is 1. The summed E-state index contributed by atoms with van der Waals surface area (Å²) < 4.78 is 17.3. The van der Waals surface area contributed by atoms with Crippen molar-refractivity contribution in [1.29, 1.82) is 0 Å². The molecule has 19 heavy (non-hydrogen) atoms. The fourth-order valence-electron chi connectivity index (χ4n) is 1.86. The van der Waals surface area contributed by atoms with E-state index in [4.69, 9.17) is 19.7 Å². The highest BCUT2D eigenvalue weighted by Gasteiger charge is 2.22. The average Bonchev–Trinajstić information content (AvgIpc) is 2.76. The van der Waals surface area contributed by atoms with Crippen LogP contribution >= 0.6 is 15.9 Å². The van der Waals surface area contributed by atoms with Crippen molar-refractivity contribution in [2.24, 2.45) is 5.73 Å². The molecule has 0 fully saturated rings.